The van der Waals surface area contributed by atoms with Gasteiger partial charge in [0.1, 0.15) is 0 Å². The van der Waals surface area contributed by atoms with Gasteiger partial charge in [0, 0.05) is 13.0 Å². The minimum atomic E-state index is -4.38. The number of alkyl halides is 3. The SMILES string of the molecule is CCn1nc(C)c(Cl)c1CC(O)CC(F)(F)F. The van der Waals surface area contributed by atoms with Gasteiger partial charge in [0.05, 0.1) is 28.9 Å². The van der Waals surface area contributed by atoms with Crippen LogP contribution in [0.1, 0.15) is 24.7 Å². The first-order valence-corrected chi connectivity index (χ1v) is 5.59. The van der Waals surface area contributed by atoms with Crippen LogP contribution in [0.25, 0.3) is 0 Å². The fourth-order valence-corrected chi connectivity index (χ4v) is 1.84. The molecule has 0 aromatic carbocycles. The minimum absolute atomic E-state index is 0.146. The second-order valence-electron chi connectivity index (χ2n) is 3.84. The predicted octanol–water partition coefficient (Wildman–Crippen LogP) is 2.72. The van der Waals surface area contributed by atoms with E-state index in [-0.39, 0.29) is 6.42 Å². The molecule has 0 saturated heterocycles. The molecule has 1 rings (SSSR count). The molecule has 3 nitrogen and oxygen atoms in total. The van der Waals surface area contributed by atoms with Crippen molar-refractivity contribution < 1.29 is 18.3 Å². The number of hydrogen-bond acceptors (Lipinski definition) is 2. The van der Waals surface area contributed by atoms with E-state index in [1.54, 1.807) is 6.92 Å². The maximum Gasteiger partial charge on any atom is 0.391 e. The van der Waals surface area contributed by atoms with Crippen molar-refractivity contribution in [3.63, 3.8) is 0 Å². The Bertz CT molecular complexity index is 390. The number of nitrogens with zero attached hydrogens (tertiary/aromatic N) is 2. The quantitative estimate of drug-likeness (QED) is 0.913. The molecule has 1 unspecified atom stereocenters. The molecular weight excluding hydrogens is 257 g/mol. The Morgan fingerprint density at radius 3 is 2.53 bits per heavy atom. The number of hydrogen-bond donors (Lipinski definition) is 1. The maximum absolute atomic E-state index is 12.1. The molecule has 0 fully saturated rings. The molecule has 1 N–H and O–H groups in total. The van der Waals surface area contributed by atoms with E-state index in [2.05, 4.69) is 5.10 Å². The van der Waals surface area contributed by atoms with Crippen molar-refractivity contribution in [2.45, 2.75) is 45.5 Å². The average molecular weight is 271 g/mol. The molecule has 0 radical (unpaired) electrons. The van der Waals surface area contributed by atoms with E-state index in [0.717, 1.165) is 0 Å². The molecule has 17 heavy (non-hydrogen) atoms. The molecule has 0 amide bonds. The summed E-state index contributed by atoms with van der Waals surface area (Å²) in [6, 6.07) is 0. The molecule has 7 heteroatoms. The monoisotopic (exact) mass is 270 g/mol. The zero-order chi connectivity index (χ0) is 13.2. The lowest BCUT2D eigenvalue weighted by atomic mass is 10.1. The Labute approximate surface area is 102 Å². The molecule has 1 aromatic rings. The van der Waals surface area contributed by atoms with Gasteiger partial charge in [0.2, 0.25) is 0 Å². The van der Waals surface area contributed by atoms with Crippen LogP contribution in [0.3, 0.4) is 0 Å². The third kappa shape index (κ3) is 3.89. The Morgan fingerprint density at radius 1 is 1.47 bits per heavy atom. The first kappa shape index (κ1) is 14.3. The van der Waals surface area contributed by atoms with Gasteiger partial charge in [-0.1, -0.05) is 11.6 Å². The largest absolute Gasteiger partial charge is 0.392 e. The second-order valence-corrected chi connectivity index (χ2v) is 4.22. The van der Waals surface area contributed by atoms with Crippen LogP contribution in [0.4, 0.5) is 13.2 Å². The van der Waals surface area contributed by atoms with E-state index >= 15 is 0 Å². The molecule has 0 aliphatic heterocycles. The summed E-state index contributed by atoms with van der Waals surface area (Å²) < 4.78 is 37.8. The summed E-state index contributed by atoms with van der Waals surface area (Å²) in [6.45, 7) is 3.98. The van der Waals surface area contributed by atoms with Crippen LogP contribution in [0.15, 0.2) is 0 Å². The normalized spacial score (nSPS) is 14.1. The highest BCUT2D eigenvalue weighted by Crippen LogP contribution is 2.26. The topological polar surface area (TPSA) is 38.0 Å². The Kier molecular flexibility index (Phi) is 4.43. The highest BCUT2D eigenvalue weighted by atomic mass is 35.5. The number of rotatable bonds is 4. The van der Waals surface area contributed by atoms with Crippen LogP contribution in [0.5, 0.6) is 0 Å². The number of aliphatic hydroxyl groups is 1. The number of aryl methyl sites for hydroxylation is 2. The predicted molar refractivity (Wildman–Crippen MR) is 58.0 cm³/mol. The summed E-state index contributed by atoms with van der Waals surface area (Å²) in [7, 11) is 0. The van der Waals surface area contributed by atoms with Crippen molar-refractivity contribution in [3.8, 4) is 0 Å². The van der Waals surface area contributed by atoms with Gasteiger partial charge < -0.3 is 5.11 Å². The summed E-state index contributed by atoms with van der Waals surface area (Å²) in [5.41, 5.74) is 1.01. The molecule has 1 heterocycles. The smallest absolute Gasteiger partial charge is 0.391 e. The third-order valence-electron chi connectivity index (χ3n) is 2.35. The number of aliphatic hydroxyl groups excluding tert-OH is 1. The van der Waals surface area contributed by atoms with E-state index < -0.39 is 18.7 Å². The fourth-order valence-electron chi connectivity index (χ4n) is 1.63. The minimum Gasteiger partial charge on any atom is -0.392 e. The highest BCUT2D eigenvalue weighted by molar-refractivity contribution is 6.31. The van der Waals surface area contributed by atoms with Crippen LogP contribution < -0.4 is 0 Å². The molecule has 0 spiro atoms. The van der Waals surface area contributed by atoms with Gasteiger partial charge >= 0.3 is 6.18 Å². The molecular formula is C10H14ClF3N2O. The van der Waals surface area contributed by atoms with E-state index in [4.69, 9.17) is 11.6 Å². The summed E-state index contributed by atoms with van der Waals surface area (Å²) in [5.74, 6) is 0. The van der Waals surface area contributed by atoms with Gasteiger partial charge in [-0.05, 0) is 13.8 Å². The van der Waals surface area contributed by atoms with Crippen molar-refractivity contribution >= 4 is 11.6 Å². The zero-order valence-corrected chi connectivity index (χ0v) is 10.3. The first-order chi connectivity index (χ1) is 7.74. The average Bonchev–Trinajstić information content (AvgIpc) is 2.42. The van der Waals surface area contributed by atoms with Gasteiger partial charge in [0.25, 0.3) is 0 Å². The molecule has 1 atom stereocenters. The van der Waals surface area contributed by atoms with E-state index in [0.29, 0.717) is 23.0 Å². The summed E-state index contributed by atoms with van der Waals surface area (Å²) in [5, 5.41) is 13.8. The van der Waals surface area contributed by atoms with Crippen molar-refractivity contribution in [2.75, 3.05) is 0 Å². The highest BCUT2D eigenvalue weighted by Gasteiger charge is 2.32. The molecule has 0 aliphatic rings. The second kappa shape index (κ2) is 5.27. The molecule has 1 aromatic heterocycles. The van der Waals surface area contributed by atoms with Crippen LogP contribution in [-0.2, 0) is 13.0 Å². The van der Waals surface area contributed by atoms with Gasteiger partial charge in [0.15, 0.2) is 0 Å². The Morgan fingerprint density at radius 2 is 2.06 bits per heavy atom. The molecule has 0 saturated carbocycles. The van der Waals surface area contributed by atoms with E-state index in [1.165, 1.54) is 4.68 Å². The zero-order valence-electron chi connectivity index (χ0n) is 9.55. The summed E-state index contributed by atoms with van der Waals surface area (Å²) >= 11 is 5.93. The fraction of sp³-hybridized carbons (Fsp3) is 0.700. The van der Waals surface area contributed by atoms with Crippen LogP contribution >= 0.6 is 11.6 Å². The van der Waals surface area contributed by atoms with Gasteiger partial charge in [-0.15, -0.1) is 0 Å². The van der Waals surface area contributed by atoms with Crippen molar-refractivity contribution in [1.82, 2.24) is 9.78 Å². The molecule has 0 bridgehead atoms. The summed E-state index contributed by atoms with van der Waals surface area (Å²) in [6.07, 6.45) is -7.25. The number of halogens is 4. The van der Waals surface area contributed by atoms with Gasteiger partial charge in [-0.2, -0.15) is 18.3 Å². The lowest BCUT2D eigenvalue weighted by Gasteiger charge is -2.14. The maximum atomic E-state index is 12.1. The lowest BCUT2D eigenvalue weighted by molar-refractivity contribution is -0.153. The van der Waals surface area contributed by atoms with Crippen molar-refractivity contribution in [2.24, 2.45) is 0 Å². The van der Waals surface area contributed by atoms with Crippen LogP contribution in [0, 0.1) is 6.92 Å². The first-order valence-electron chi connectivity index (χ1n) is 5.21. The molecule has 0 aliphatic carbocycles. The van der Waals surface area contributed by atoms with Crippen molar-refractivity contribution in [1.29, 1.82) is 0 Å². The van der Waals surface area contributed by atoms with Gasteiger partial charge in [-0.3, -0.25) is 4.68 Å². The summed E-state index contributed by atoms with van der Waals surface area (Å²) in [4.78, 5) is 0. The van der Waals surface area contributed by atoms with E-state index in [1.807, 2.05) is 6.92 Å². The lowest BCUT2D eigenvalue weighted by Crippen LogP contribution is -2.22. The standard InChI is InChI=1S/C10H14ClF3N2O/c1-3-16-8(9(11)6(2)15-16)4-7(17)5-10(12,13)14/h7,17H,3-5H2,1-2H3. The van der Waals surface area contributed by atoms with E-state index in [9.17, 15) is 18.3 Å². The van der Waals surface area contributed by atoms with Gasteiger partial charge in [-0.25, -0.2) is 0 Å². The Hall–Kier alpha value is -0.750. The Balaban J connectivity index is 2.80. The van der Waals surface area contributed by atoms with Crippen molar-refractivity contribution in [3.05, 3.63) is 16.4 Å². The molecule has 98 valence electrons. The van der Waals surface area contributed by atoms with Crippen LogP contribution in [-0.4, -0.2) is 27.2 Å². The van der Waals surface area contributed by atoms with Crippen LogP contribution in [0.2, 0.25) is 5.02 Å². The number of aromatic nitrogens is 2. The third-order valence-corrected chi connectivity index (χ3v) is 2.84.